The number of carbonyl (C=O) groups is 1. The number of benzene rings is 2. The van der Waals surface area contributed by atoms with E-state index in [4.69, 9.17) is 9.15 Å². The van der Waals surface area contributed by atoms with Gasteiger partial charge >= 0.3 is 0 Å². The molecular formula is C22H24N2O3S. The first-order valence-corrected chi connectivity index (χ1v) is 10.1. The van der Waals surface area contributed by atoms with Gasteiger partial charge in [0, 0.05) is 5.56 Å². The molecule has 1 aromatic heterocycles. The molecule has 0 aliphatic carbocycles. The van der Waals surface area contributed by atoms with Crippen LogP contribution in [0.1, 0.15) is 48.1 Å². The molecule has 0 N–H and O–H groups in total. The zero-order valence-electron chi connectivity index (χ0n) is 16.6. The Balaban J connectivity index is 1.55. The van der Waals surface area contributed by atoms with Crippen LogP contribution < -0.4 is 4.74 Å². The van der Waals surface area contributed by atoms with Crippen LogP contribution >= 0.6 is 11.8 Å². The van der Waals surface area contributed by atoms with E-state index in [1.165, 1.54) is 17.3 Å². The third-order valence-electron chi connectivity index (χ3n) is 4.36. The molecule has 0 fully saturated rings. The van der Waals surface area contributed by atoms with Crippen molar-refractivity contribution in [2.24, 2.45) is 0 Å². The van der Waals surface area contributed by atoms with Crippen molar-refractivity contribution in [3.63, 3.8) is 0 Å². The third kappa shape index (κ3) is 5.23. The van der Waals surface area contributed by atoms with Crippen LogP contribution in [0.4, 0.5) is 0 Å². The lowest BCUT2D eigenvalue weighted by molar-refractivity contribution is 0.102. The molecule has 0 saturated carbocycles. The number of Topliss-reactive ketones (excluding diaryl/α,β-unsaturated/α-hetero) is 1. The van der Waals surface area contributed by atoms with Crippen LogP contribution in [-0.2, 0) is 11.8 Å². The molecule has 1 heterocycles. The number of thioether (sulfide) groups is 1. The summed E-state index contributed by atoms with van der Waals surface area (Å²) in [6.45, 7) is 6.45. The monoisotopic (exact) mass is 396 g/mol. The number of ether oxygens (including phenoxy) is 1. The molecule has 5 nitrogen and oxygen atoms in total. The number of rotatable bonds is 7. The Morgan fingerprint density at radius 2 is 1.71 bits per heavy atom. The maximum Gasteiger partial charge on any atom is 0.277 e. The summed E-state index contributed by atoms with van der Waals surface area (Å²) in [6, 6.07) is 15.5. The Morgan fingerprint density at radius 3 is 2.32 bits per heavy atom. The van der Waals surface area contributed by atoms with Gasteiger partial charge < -0.3 is 9.15 Å². The summed E-state index contributed by atoms with van der Waals surface area (Å²) < 4.78 is 10.8. The van der Waals surface area contributed by atoms with E-state index in [2.05, 4.69) is 31.0 Å². The van der Waals surface area contributed by atoms with E-state index in [-0.39, 0.29) is 17.0 Å². The fourth-order valence-electron chi connectivity index (χ4n) is 2.65. The Labute approximate surface area is 169 Å². The van der Waals surface area contributed by atoms with Crippen LogP contribution in [0.5, 0.6) is 5.75 Å². The van der Waals surface area contributed by atoms with Crippen molar-refractivity contribution in [3.05, 3.63) is 71.1 Å². The maximum absolute atomic E-state index is 12.4. The highest BCUT2D eigenvalue weighted by Gasteiger charge is 2.15. The topological polar surface area (TPSA) is 65.2 Å². The second kappa shape index (κ2) is 8.61. The van der Waals surface area contributed by atoms with Crippen molar-refractivity contribution in [2.75, 3.05) is 12.9 Å². The number of carbonyl (C=O) groups excluding carboxylic acids is 1. The molecule has 3 aromatic rings. The third-order valence-corrected chi connectivity index (χ3v) is 5.18. The summed E-state index contributed by atoms with van der Waals surface area (Å²) in [4.78, 5) is 12.4. The molecule has 146 valence electrons. The van der Waals surface area contributed by atoms with Gasteiger partial charge in [0.2, 0.25) is 5.89 Å². The zero-order valence-corrected chi connectivity index (χ0v) is 17.4. The number of hydrogen-bond donors (Lipinski definition) is 0. The van der Waals surface area contributed by atoms with Crippen LogP contribution in [0.15, 0.2) is 58.2 Å². The molecule has 0 spiro atoms. The molecule has 0 aliphatic heterocycles. The first-order chi connectivity index (χ1) is 13.3. The van der Waals surface area contributed by atoms with Crippen LogP contribution in [0.3, 0.4) is 0 Å². The number of hydrogen-bond acceptors (Lipinski definition) is 6. The molecule has 0 radical (unpaired) electrons. The highest BCUT2D eigenvalue weighted by Crippen LogP contribution is 2.24. The molecule has 0 bridgehead atoms. The van der Waals surface area contributed by atoms with E-state index in [1.54, 1.807) is 7.11 Å². The molecule has 0 aliphatic rings. The lowest BCUT2D eigenvalue weighted by atomic mass is 9.86. The van der Waals surface area contributed by atoms with E-state index in [0.29, 0.717) is 23.1 Å². The van der Waals surface area contributed by atoms with Gasteiger partial charge in [0.15, 0.2) is 5.78 Å². The van der Waals surface area contributed by atoms with E-state index >= 15 is 0 Å². The maximum atomic E-state index is 12.4. The number of nitrogens with zero attached hydrogens (tertiary/aromatic N) is 2. The second-order valence-electron chi connectivity index (χ2n) is 7.53. The van der Waals surface area contributed by atoms with Crippen molar-refractivity contribution >= 4 is 17.5 Å². The smallest absolute Gasteiger partial charge is 0.277 e. The zero-order chi connectivity index (χ0) is 20.1. The standard InChI is InChI=1S/C22H24N2O3S/c1-22(2,3)17-9-7-16(8-10-17)19(25)14-28-21-24-23-20(27-21)13-15-5-11-18(26-4)12-6-15/h5-12H,13-14H2,1-4H3. The van der Waals surface area contributed by atoms with Crippen molar-refractivity contribution in [3.8, 4) is 5.75 Å². The summed E-state index contributed by atoms with van der Waals surface area (Å²) in [5.74, 6) is 1.63. The van der Waals surface area contributed by atoms with E-state index in [1.807, 2.05) is 48.5 Å². The SMILES string of the molecule is COc1ccc(Cc2nnc(SCC(=O)c3ccc(C(C)(C)C)cc3)o2)cc1. The molecule has 0 saturated heterocycles. The Hall–Kier alpha value is -2.60. The number of ketones is 1. The lowest BCUT2D eigenvalue weighted by Crippen LogP contribution is -2.11. The molecule has 0 unspecified atom stereocenters. The summed E-state index contributed by atoms with van der Waals surface area (Å²) in [7, 11) is 1.64. The molecule has 6 heteroatoms. The van der Waals surface area contributed by atoms with Crippen LogP contribution in [-0.4, -0.2) is 28.8 Å². The highest BCUT2D eigenvalue weighted by atomic mass is 32.2. The van der Waals surface area contributed by atoms with Gasteiger partial charge in [0.25, 0.3) is 5.22 Å². The van der Waals surface area contributed by atoms with Gasteiger partial charge in [-0.3, -0.25) is 4.79 Å². The minimum Gasteiger partial charge on any atom is -0.497 e. The second-order valence-corrected chi connectivity index (χ2v) is 8.45. The summed E-state index contributed by atoms with van der Waals surface area (Å²) in [5.41, 5.74) is 3.02. The van der Waals surface area contributed by atoms with Crippen molar-refractivity contribution in [2.45, 2.75) is 37.8 Å². The molecule has 2 aromatic carbocycles. The number of aromatic nitrogens is 2. The Bertz CT molecular complexity index is 926. The van der Waals surface area contributed by atoms with Gasteiger partial charge in [-0.15, -0.1) is 10.2 Å². The van der Waals surface area contributed by atoms with Gasteiger partial charge in [0.05, 0.1) is 19.3 Å². The lowest BCUT2D eigenvalue weighted by Gasteiger charge is -2.18. The van der Waals surface area contributed by atoms with Crippen LogP contribution in [0, 0.1) is 0 Å². The largest absolute Gasteiger partial charge is 0.497 e. The van der Waals surface area contributed by atoms with Crippen molar-refractivity contribution in [1.82, 2.24) is 10.2 Å². The quantitative estimate of drug-likeness (QED) is 0.416. The van der Waals surface area contributed by atoms with Gasteiger partial charge in [-0.1, -0.05) is 68.9 Å². The minimum absolute atomic E-state index is 0.0420. The molecule has 28 heavy (non-hydrogen) atoms. The fraction of sp³-hybridized carbons (Fsp3) is 0.318. The predicted molar refractivity (Wildman–Crippen MR) is 110 cm³/mol. The van der Waals surface area contributed by atoms with Gasteiger partial charge in [-0.2, -0.15) is 0 Å². The first kappa shape index (κ1) is 20.1. The summed E-state index contributed by atoms with van der Waals surface area (Å²) in [5, 5.41) is 8.50. The van der Waals surface area contributed by atoms with Gasteiger partial charge in [-0.05, 0) is 28.7 Å². The van der Waals surface area contributed by atoms with E-state index < -0.39 is 0 Å². The molecule has 3 rings (SSSR count). The Morgan fingerprint density at radius 1 is 1.04 bits per heavy atom. The Kier molecular flexibility index (Phi) is 6.19. The minimum atomic E-state index is 0.0420. The molecule has 0 atom stereocenters. The van der Waals surface area contributed by atoms with Gasteiger partial charge in [0.1, 0.15) is 5.75 Å². The predicted octanol–water partition coefficient (Wildman–Crippen LogP) is 4.94. The highest BCUT2D eigenvalue weighted by molar-refractivity contribution is 7.99. The van der Waals surface area contributed by atoms with E-state index in [0.717, 1.165) is 11.3 Å². The van der Waals surface area contributed by atoms with E-state index in [9.17, 15) is 4.79 Å². The average molecular weight is 397 g/mol. The molecule has 0 amide bonds. The molecular weight excluding hydrogens is 372 g/mol. The van der Waals surface area contributed by atoms with Crippen LogP contribution in [0.2, 0.25) is 0 Å². The summed E-state index contributed by atoms with van der Waals surface area (Å²) >= 11 is 1.26. The van der Waals surface area contributed by atoms with Gasteiger partial charge in [-0.25, -0.2) is 0 Å². The number of methoxy groups -OCH3 is 1. The fourth-order valence-corrected chi connectivity index (χ4v) is 3.33. The summed E-state index contributed by atoms with van der Waals surface area (Å²) in [6.07, 6.45) is 0.541. The first-order valence-electron chi connectivity index (χ1n) is 9.07. The van der Waals surface area contributed by atoms with Crippen molar-refractivity contribution in [1.29, 1.82) is 0 Å². The van der Waals surface area contributed by atoms with Crippen molar-refractivity contribution < 1.29 is 13.9 Å². The normalized spacial score (nSPS) is 11.4. The average Bonchev–Trinajstić information content (AvgIpc) is 3.13. The van der Waals surface area contributed by atoms with Crippen LogP contribution in [0.25, 0.3) is 0 Å².